The molecular weight excluding hydrogens is 446 g/mol. The van der Waals surface area contributed by atoms with Crippen LogP contribution in [0.3, 0.4) is 0 Å². The minimum Gasteiger partial charge on any atom is -0.322 e. The molecule has 4 amide bonds. The summed E-state index contributed by atoms with van der Waals surface area (Å²) in [6.07, 6.45) is 1.45. The van der Waals surface area contributed by atoms with Gasteiger partial charge < -0.3 is 10.6 Å². The molecule has 1 saturated heterocycles. The Morgan fingerprint density at radius 2 is 1.77 bits per heavy atom. The number of imide groups is 1. The Morgan fingerprint density at radius 3 is 2.49 bits per heavy atom. The topological polar surface area (TPSA) is 122 Å². The first-order chi connectivity index (χ1) is 16.9. The summed E-state index contributed by atoms with van der Waals surface area (Å²) in [5.41, 5.74) is 1.93. The van der Waals surface area contributed by atoms with Crippen molar-refractivity contribution in [3.05, 3.63) is 102 Å². The van der Waals surface area contributed by atoms with E-state index in [4.69, 9.17) is 0 Å². The van der Waals surface area contributed by atoms with E-state index in [-0.39, 0.29) is 18.4 Å². The van der Waals surface area contributed by atoms with E-state index in [0.29, 0.717) is 22.5 Å². The number of rotatable bonds is 6. The summed E-state index contributed by atoms with van der Waals surface area (Å²) in [5, 5.41) is 16.8. The fourth-order valence-corrected chi connectivity index (χ4v) is 3.94. The zero-order valence-electron chi connectivity index (χ0n) is 18.8. The van der Waals surface area contributed by atoms with Crippen molar-refractivity contribution in [2.45, 2.75) is 19.0 Å². The molecule has 10 heteroatoms. The average molecular weight is 467 g/mol. The number of para-hydroxylation sites is 1. The second kappa shape index (κ2) is 8.82. The molecule has 0 spiro atoms. The lowest BCUT2D eigenvalue weighted by Gasteiger charge is -2.23. The minimum atomic E-state index is -1.24. The third kappa shape index (κ3) is 4.24. The highest BCUT2D eigenvalue weighted by molar-refractivity contribution is 6.07. The Morgan fingerprint density at radius 1 is 1.00 bits per heavy atom. The number of anilines is 1. The summed E-state index contributed by atoms with van der Waals surface area (Å²) in [4.78, 5) is 39.8. The van der Waals surface area contributed by atoms with E-state index in [1.807, 2.05) is 18.2 Å². The van der Waals surface area contributed by atoms with Crippen molar-refractivity contribution >= 4 is 23.5 Å². The van der Waals surface area contributed by atoms with Crippen molar-refractivity contribution in [1.82, 2.24) is 30.4 Å². The van der Waals surface area contributed by atoms with Crippen LogP contribution in [0.1, 0.15) is 28.4 Å². The van der Waals surface area contributed by atoms with Crippen LogP contribution in [-0.2, 0) is 16.9 Å². The van der Waals surface area contributed by atoms with Gasteiger partial charge in [-0.15, -0.1) is 5.10 Å². The maximum Gasteiger partial charge on any atom is 0.325 e. The zero-order chi connectivity index (χ0) is 24.4. The SMILES string of the molecule is CC1(c2cccc(-n3cnnn3)c2)NC(=O)N(Cc2ccc(C(=O)Nc3ccccc3)cc2)C1=O. The number of nitrogens with zero attached hydrogens (tertiary/aromatic N) is 5. The number of carbonyl (C=O) groups is 3. The van der Waals surface area contributed by atoms with Gasteiger partial charge in [0, 0.05) is 11.3 Å². The molecule has 1 aromatic heterocycles. The maximum absolute atomic E-state index is 13.4. The highest BCUT2D eigenvalue weighted by Gasteiger charge is 2.49. The van der Waals surface area contributed by atoms with Gasteiger partial charge in [-0.3, -0.25) is 14.5 Å². The van der Waals surface area contributed by atoms with Crippen LogP contribution < -0.4 is 10.6 Å². The van der Waals surface area contributed by atoms with Crippen LogP contribution in [0.15, 0.2) is 85.2 Å². The van der Waals surface area contributed by atoms with Gasteiger partial charge in [-0.25, -0.2) is 9.48 Å². The van der Waals surface area contributed by atoms with Crippen LogP contribution in [0.25, 0.3) is 5.69 Å². The molecule has 1 fully saturated rings. The van der Waals surface area contributed by atoms with Crippen molar-refractivity contribution < 1.29 is 14.4 Å². The Bertz CT molecular complexity index is 1390. The number of hydrogen-bond acceptors (Lipinski definition) is 6. The fraction of sp³-hybridized carbons (Fsp3) is 0.120. The first-order valence-corrected chi connectivity index (χ1v) is 10.9. The van der Waals surface area contributed by atoms with E-state index in [9.17, 15) is 14.4 Å². The largest absolute Gasteiger partial charge is 0.325 e. The molecule has 1 aliphatic rings. The normalized spacial score (nSPS) is 17.3. The van der Waals surface area contributed by atoms with Crippen molar-refractivity contribution in [3.63, 3.8) is 0 Å². The van der Waals surface area contributed by atoms with E-state index < -0.39 is 11.6 Å². The summed E-state index contributed by atoms with van der Waals surface area (Å²) >= 11 is 0. The van der Waals surface area contributed by atoms with E-state index in [0.717, 1.165) is 5.56 Å². The number of amides is 4. The Labute approximate surface area is 200 Å². The van der Waals surface area contributed by atoms with Crippen molar-refractivity contribution in [1.29, 1.82) is 0 Å². The second-order valence-electron chi connectivity index (χ2n) is 8.27. The first-order valence-electron chi connectivity index (χ1n) is 10.9. The highest BCUT2D eigenvalue weighted by Crippen LogP contribution is 2.31. The van der Waals surface area contributed by atoms with Crippen LogP contribution in [0, 0.1) is 0 Å². The fourth-order valence-electron chi connectivity index (χ4n) is 3.94. The number of hydrogen-bond donors (Lipinski definition) is 2. The van der Waals surface area contributed by atoms with Crippen LogP contribution in [-0.4, -0.2) is 43.0 Å². The number of aromatic nitrogens is 4. The molecule has 1 unspecified atom stereocenters. The lowest BCUT2D eigenvalue weighted by atomic mass is 9.91. The quantitative estimate of drug-likeness (QED) is 0.421. The lowest BCUT2D eigenvalue weighted by Crippen LogP contribution is -2.40. The molecule has 1 atom stereocenters. The second-order valence-corrected chi connectivity index (χ2v) is 8.27. The molecule has 10 nitrogen and oxygen atoms in total. The molecule has 2 N–H and O–H groups in total. The molecule has 0 radical (unpaired) electrons. The molecule has 2 heterocycles. The third-order valence-electron chi connectivity index (χ3n) is 5.90. The predicted molar refractivity (Wildman–Crippen MR) is 126 cm³/mol. The van der Waals surface area contributed by atoms with E-state index in [1.165, 1.54) is 15.9 Å². The molecule has 0 saturated carbocycles. The molecule has 0 bridgehead atoms. The monoisotopic (exact) mass is 467 g/mol. The Kier molecular flexibility index (Phi) is 5.54. The van der Waals surface area contributed by atoms with Gasteiger partial charge in [0.1, 0.15) is 11.9 Å². The average Bonchev–Trinajstić information content (AvgIpc) is 3.49. The van der Waals surface area contributed by atoms with Crippen molar-refractivity contribution in [3.8, 4) is 5.69 Å². The van der Waals surface area contributed by atoms with Gasteiger partial charge in [-0.2, -0.15) is 0 Å². The Hall–Kier alpha value is -4.86. The summed E-state index contributed by atoms with van der Waals surface area (Å²) in [6, 6.07) is 22.6. The molecular formula is C25H21N7O3. The van der Waals surface area contributed by atoms with Crippen LogP contribution >= 0.6 is 0 Å². The van der Waals surface area contributed by atoms with Gasteiger partial charge in [-0.05, 0) is 64.9 Å². The lowest BCUT2D eigenvalue weighted by molar-refractivity contribution is -0.131. The van der Waals surface area contributed by atoms with E-state index in [1.54, 1.807) is 67.6 Å². The summed E-state index contributed by atoms with van der Waals surface area (Å²) in [6.45, 7) is 1.75. The number of urea groups is 1. The number of tetrazole rings is 1. The molecule has 174 valence electrons. The number of carbonyl (C=O) groups excluding carboxylic acids is 3. The third-order valence-corrected chi connectivity index (χ3v) is 5.90. The maximum atomic E-state index is 13.4. The summed E-state index contributed by atoms with van der Waals surface area (Å²) in [7, 11) is 0. The van der Waals surface area contributed by atoms with Gasteiger partial charge in [0.2, 0.25) is 0 Å². The number of nitrogens with one attached hydrogen (secondary N) is 2. The predicted octanol–water partition coefficient (Wildman–Crippen LogP) is 2.88. The standard InChI is InChI=1S/C25H21N7O3/c1-25(19-6-5-9-21(14-19)32-16-26-29-30-32)23(34)31(24(35)28-25)15-17-10-12-18(13-11-17)22(33)27-20-7-3-2-4-8-20/h2-14,16H,15H2,1H3,(H,27,33)(H,28,35). The minimum absolute atomic E-state index is 0.0769. The summed E-state index contributed by atoms with van der Waals surface area (Å²) < 4.78 is 1.47. The molecule has 3 aromatic carbocycles. The zero-order valence-corrected chi connectivity index (χ0v) is 18.8. The highest BCUT2D eigenvalue weighted by atomic mass is 16.2. The molecule has 5 rings (SSSR count). The van der Waals surface area contributed by atoms with Gasteiger partial charge in [0.25, 0.3) is 11.8 Å². The molecule has 1 aliphatic heterocycles. The molecule has 4 aromatic rings. The van der Waals surface area contributed by atoms with Crippen LogP contribution in [0.2, 0.25) is 0 Å². The van der Waals surface area contributed by atoms with Gasteiger partial charge in [-0.1, -0.05) is 42.5 Å². The first kappa shape index (κ1) is 22.0. The molecule has 0 aliphatic carbocycles. The molecule has 35 heavy (non-hydrogen) atoms. The number of benzene rings is 3. The van der Waals surface area contributed by atoms with Gasteiger partial charge in [0.05, 0.1) is 12.2 Å². The summed E-state index contributed by atoms with van der Waals surface area (Å²) in [5.74, 6) is -0.616. The van der Waals surface area contributed by atoms with Gasteiger partial charge >= 0.3 is 6.03 Å². The van der Waals surface area contributed by atoms with Crippen LogP contribution in [0.5, 0.6) is 0 Å². The van der Waals surface area contributed by atoms with Crippen molar-refractivity contribution in [2.24, 2.45) is 0 Å². The Balaban J connectivity index is 1.31. The van der Waals surface area contributed by atoms with Crippen LogP contribution in [0.4, 0.5) is 10.5 Å². The van der Waals surface area contributed by atoms with E-state index >= 15 is 0 Å². The van der Waals surface area contributed by atoms with Crippen molar-refractivity contribution in [2.75, 3.05) is 5.32 Å². The smallest absolute Gasteiger partial charge is 0.322 e. The van der Waals surface area contributed by atoms with Gasteiger partial charge in [0.15, 0.2) is 0 Å². The van der Waals surface area contributed by atoms with E-state index in [2.05, 4.69) is 26.2 Å².